The number of ketones is 1. The van der Waals surface area contributed by atoms with Gasteiger partial charge in [0.2, 0.25) is 0 Å². The maximum atomic E-state index is 12.6. The first-order chi connectivity index (χ1) is 10.8. The van der Waals surface area contributed by atoms with Gasteiger partial charge in [0.15, 0.2) is 5.78 Å². The van der Waals surface area contributed by atoms with Crippen molar-refractivity contribution in [3.8, 4) is 0 Å². The summed E-state index contributed by atoms with van der Waals surface area (Å²) in [7, 11) is 0. The highest BCUT2D eigenvalue weighted by Crippen LogP contribution is 2.29. The molecule has 0 aliphatic carbocycles. The number of carbonyl (C=O) groups excluding carboxylic acids is 2. The number of rotatable bonds is 5. The number of carbonyl (C=O) groups is 2. The number of hydrogen-bond donors (Lipinski definition) is 1. The highest BCUT2D eigenvalue weighted by molar-refractivity contribution is 5.98. The molecule has 0 radical (unpaired) electrons. The summed E-state index contributed by atoms with van der Waals surface area (Å²) in [6.45, 7) is 5.90. The maximum absolute atomic E-state index is 12.6. The summed E-state index contributed by atoms with van der Waals surface area (Å²) in [6, 6.07) is 14.2. The smallest absolute Gasteiger partial charge is 0.296 e. The van der Waals surface area contributed by atoms with Crippen molar-refractivity contribution in [1.29, 1.82) is 0 Å². The Bertz CT molecular complexity index is 714. The zero-order valence-corrected chi connectivity index (χ0v) is 13.5. The van der Waals surface area contributed by atoms with Crippen LogP contribution in [0.2, 0.25) is 0 Å². The molecule has 120 valence electrons. The van der Waals surface area contributed by atoms with Crippen molar-refractivity contribution < 1.29 is 19.7 Å². The Balaban J connectivity index is 2.20. The van der Waals surface area contributed by atoms with Gasteiger partial charge in [-0.05, 0) is 35.6 Å². The van der Waals surface area contributed by atoms with Crippen LogP contribution in [0.1, 0.15) is 52.1 Å². The Morgan fingerprint density at radius 1 is 1.04 bits per heavy atom. The molecule has 0 fully saturated rings. The second kappa shape index (κ2) is 6.75. The van der Waals surface area contributed by atoms with Gasteiger partial charge < -0.3 is 0 Å². The first-order valence-electron chi connectivity index (χ1n) is 7.40. The third-order valence-electron chi connectivity index (χ3n) is 4.03. The minimum Gasteiger partial charge on any atom is -0.296 e. The minimum absolute atomic E-state index is 0.0898. The van der Waals surface area contributed by atoms with Crippen LogP contribution in [0, 0.1) is 6.92 Å². The summed E-state index contributed by atoms with van der Waals surface area (Å²) >= 11 is 0. The van der Waals surface area contributed by atoms with Crippen molar-refractivity contribution >= 4 is 11.8 Å². The van der Waals surface area contributed by atoms with Crippen LogP contribution in [0.5, 0.6) is 0 Å². The first-order valence-corrected chi connectivity index (χ1v) is 7.40. The second-order valence-corrected chi connectivity index (χ2v) is 6.25. The highest BCUT2D eigenvalue weighted by atomic mass is 17.1. The molecule has 0 spiro atoms. The van der Waals surface area contributed by atoms with Crippen molar-refractivity contribution in [2.75, 3.05) is 0 Å². The quantitative estimate of drug-likeness (QED) is 0.511. The van der Waals surface area contributed by atoms with Gasteiger partial charge in [0, 0.05) is 12.0 Å². The maximum Gasteiger partial charge on any atom is 0.372 e. The molecule has 0 atom stereocenters. The summed E-state index contributed by atoms with van der Waals surface area (Å²) in [5.41, 5.74) is 2.53. The molecule has 23 heavy (non-hydrogen) atoms. The van der Waals surface area contributed by atoms with Gasteiger partial charge in [-0.3, -0.25) is 9.68 Å². The van der Waals surface area contributed by atoms with Gasteiger partial charge in [-0.25, -0.2) is 4.79 Å². The summed E-state index contributed by atoms with van der Waals surface area (Å²) < 4.78 is 0. The molecule has 4 heteroatoms. The molecule has 0 heterocycles. The van der Waals surface area contributed by atoms with E-state index in [4.69, 9.17) is 5.26 Å². The molecule has 2 aromatic rings. The number of hydrogen-bond acceptors (Lipinski definition) is 4. The molecule has 0 aromatic heterocycles. The van der Waals surface area contributed by atoms with E-state index in [-0.39, 0.29) is 16.8 Å². The predicted octanol–water partition coefficient (Wildman–Crippen LogP) is 4.18. The van der Waals surface area contributed by atoms with Crippen molar-refractivity contribution in [1.82, 2.24) is 0 Å². The Labute approximate surface area is 135 Å². The van der Waals surface area contributed by atoms with Gasteiger partial charge in [0.1, 0.15) is 0 Å². The molecular weight excluding hydrogens is 292 g/mol. The first kappa shape index (κ1) is 16.9. The Morgan fingerprint density at radius 3 is 2.22 bits per heavy atom. The third kappa shape index (κ3) is 3.85. The van der Waals surface area contributed by atoms with Crippen molar-refractivity contribution in [2.45, 2.75) is 32.6 Å². The highest BCUT2D eigenvalue weighted by Gasteiger charge is 2.25. The largest absolute Gasteiger partial charge is 0.372 e. The van der Waals surface area contributed by atoms with E-state index in [0.29, 0.717) is 6.42 Å². The van der Waals surface area contributed by atoms with E-state index < -0.39 is 5.97 Å². The fourth-order valence-electron chi connectivity index (χ4n) is 2.59. The van der Waals surface area contributed by atoms with Crippen LogP contribution in [0.4, 0.5) is 0 Å². The molecule has 0 unspecified atom stereocenters. The Kier molecular flexibility index (Phi) is 4.96. The lowest BCUT2D eigenvalue weighted by atomic mass is 9.78. The van der Waals surface area contributed by atoms with E-state index in [1.807, 2.05) is 45.0 Å². The lowest BCUT2D eigenvalue weighted by molar-refractivity contribution is -0.182. The van der Waals surface area contributed by atoms with Crippen LogP contribution in [-0.4, -0.2) is 17.0 Å². The molecule has 2 rings (SSSR count). The Hall–Kier alpha value is -2.46. The minimum atomic E-state index is -0.801. The average molecular weight is 312 g/mol. The average Bonchev–Trinajstić information content (AvgIpc) is 2.54. The molecule has 1 N–H and O–H groups in total. The fourth-order valence-corrected chi connectivity index (χ4v) is 2.59. The number of benzene rings is 2. The zero-order valence-electron chi connectivity index (χ0n) is 13.5. The van der Waals surface area contributed by atoms with Crippen LogP contribution < -0.4 is 0 Å². The third-order valence-corrected chi connectivity index (χ3v) is 4.03. The van der Waals surface area contributed by atoms with Crippen LogP contribution in [0.25, 0.3) is 0 Å². The molecule has 0 bridgehead atoms. The lowest BCUT2D eigenvalue weighted by Gasteiger charge is -2.25. The predicted molar refractivity (Wildman–Crippen MR) is 87.6 cm³/mol. The SMILES string of the molecule is Cc1ccccc1C(=O)CC(C)(C)c1ccc(C(=O)OO)cc1. The van der Waals surface area contributed by atoms with Crippen LogP contribution >= 0.6 is 0 Å². The van der Waals surface area contributed by atoms with E-state index in [0.717, 1.165) is 16.7 Å². The summed E-state index contributed by atoms with van der Waals surface area (Å²) in [6.07, 6.45) is 0.363. The molecule has 0 saturated carbocycles. The topological polar surface area (TPSA) is 63.6 Å². The van der Waals surface area contributed by atoms with Crippen molar-refractivity contribution in [3.05, 3.63) is 70.8 Å². The van der Waals surface area contributed by atoms with Gasteiger partial charge in [0.25, 0.3) is 0 Å². The van der Waals surface area contributed by atoms with E-state index in [9.17, 15) is 9.59 Å². The van der Waals surface area contributed by atoms with Crippen molar-refractivity contribution in [2.24, 2.45) is 0 Å². The van der Waals surface area contributed by atoms with Gasteiger partial charge in [-0.2, -0.15) is 5.26 Å². The monoisotopic (exact) mass is 312 g/mol. The number of Topliss-reactive ketones (excluding diaryl/α,β-unsaturated/α-hetero) is 1. The van der Waals surface area contributed by atoms with Crippen LogP contribution in [0.15, 0.2) is 48.5 Å². The Morgan fingerprint density at radius 2 is 1.65 bits per heavy atom. The zero-order chi connectivity index (χ0) is 17.0. The van der Waals surface area contributed by atoms with Gasteiger partial charge in [-0.1, -0.05) is 50.2 Å². The molecule has 2 aromatic carbocycles. The molecule has 0 aliphatic heterocycles. The van der Waals surface area contributed by atoms with E-state index in [1.165, 1.54) is 0 Å². The second-order valence-electron chi connectivity index (χ2n) is 6.25. The summed E-state index contributed by atoms with van der Waals surface area (Å²) in [5.74, 6) is -0.711. The fraction of sp³-hybridized carbons (Fsp3) is 0.263. The summed E-state index contributed by atoms with van der Waals surface area (Å²) in [5, 5.41) is 8.39. The van der Waals surface area contributed by atoms with E-state index in [1.54, 1.807) is 24.3 Å². The van der Waals surface area contributed by atoms with E-state index >= 15 is 0 Å². The molecule has 0 amide bonds. The molecule has 4 nitrogen and oxygen atoms in total. The molecule has 0 saturated heterocycles. The van der Waals surface area contributed by atoms with Crippen LogP contribution in [-0.2, 0) is 10.3 Å². The standard InChI is InChI=1S/C19H20O4/c1-13-6-4-5-7-16(13)17(20)12-19(2,3)15-10-8-14(9-11-15)18(21)23-22/h4-11,22H,12H2,1-3H3. The van der Waals surface area contributed by atoms with Gasteiger partial charge >= 0.3 is 5.97 Å². The van der Waals surface area contributed by atoms with Gasteiger partial charge in [-0.15, -0.1) is 0 Å². The molecular formula is C19H20O4. The summed E-state index contributed by atoms with van der Waals surface area (Å²) in [4.78, 5) is 27.5. The normalized spacial score (nSPS) is 11.1. The van der Waals surface area contributed by atoms with E-state index in [2.05, 4.69) is 4.89 Å². The molecule has 0 aliphatic rings. The van der Waals surface area contributed by atoms with Crippen LogP contribution in [0.3, 0.4) is 0 Å². The number of aryl methyl sites for hydroxylation is 1. The van der Waals surface area contributed by atoms with Gasteiger partial charge in [0.05, 0.1) is 5.56 Å². The lowest BCUT2D eigenvalue weighted by Crippen LogP contribution is -2.22. The van der Waals surface area contributed by atoms with Crippen molar-refractivity contribution in [3.63, 3.8) is 0 Å².